The van der Waals surface area contributed by atoms with E-state index in [1.807, 2.05) is 47.4 Å². The predicted octanol–water partition coefficient (Wildman–Crippen LogP) is 3.53. The molecule has 1 aromatic carbocycles. The van der Waals surface area contributed by atoms with E-state index in [2.05, 4.69) is 27.1 Å². The average Bonchev–Trinajstić information content (AvgIpc) is 3.17. The molecular weight excluding hydrogens is 328 g/mol. The molecule has 1 aliphatic heterocycles. The van der Waals surface area contributed by atoms with Crippen LogP contribution in [0, 0.1) is 0 Å². The number of fused-ring (bicyclic) bond motifs is 1. The molecule has 0 radical (unpaired) electrons. The molecule has 1 N–H and O–H groups in total. The van der Waals surface area contributed by atoms with Crippen molar-refractivity contribution < 1.29 is 9.53 Å². The second kappa shape index (κ2) is 6.92. The summed E-state index contributed by atoms with van der Waals surface area (Å²) in [6.45, 7) is 1.41. The van der Waals surface area contributed by atoms with Gasteiger partial charge < -0.3 is 19.5 Å². The van der Waals surface area contributed by atoms with Crippen LogP contribution in [0.25, 0.3) is 0 Å². The van der Waals surface area contributed by atoms with E-state index in [0.29, 0.717) is 6.54 Å². The van der Waals surface area contributed by atoms with E-state index in [-0.39, 0.29) is 12.1 Å². The molecule has 1 aliphatic rings. The first-order valence-electron chi connectivity index (χ1n) is 8.53. The Labute approximate surface area is 152 Å². The highest BCUT2D eigenvalue weighted by atomic mass is 16.5. The van der Waals surface area contributed by atoms with Crippen molar-refractivity contribution in [2.24, 2.45) is 0 Å². The number of anilines is 1. The molecule has 2 amide bonds. The molecule has 6 heteroatoms. The van der Waals surface area contributed by atoms with E-state index in [1.54, 1.807) is 19.5 Å². The molecule has 0 unspecified atom stereocenters. The number of pyridine rings is 1. The fraction of sp³-hybridized carbons (Fsp3) is 0.200. The third-order valence-corrected chi connectivity index (χ3v) is 4.66. The van der Waals surface area contributed by atoms with E-state index >= 15 is 0 Å². The van der Waals surface area contributed by atoms with Crippen molar-refractivity contribution in [3.05, 3.63) is 78.4 Å². The average molecular weight is 348 g/mol. The lowest BCUT2D eigenvalue weighted by molar-refractivity contribution is 0.182. The van der Waals surface area contributed by atoms with E-state index in [4.69, 9.17) is 4.74 Å². The number of nitrogens with zero attached hydrogens (tertiary/aromatic N) is 3. The maximum atomic E-state index is 13.0. The van der Waals surface area contributed by atoms with Gasteiger partial charge in [-0.2, -0.15) is 0 Å². The minimum absolute atomic E-state index is 0.121. The Kier molecular flexibility index (Phi) is 4.31. The molecule has 0 fully saturated rings. The van der Waals surface area contributed by atoms with E-state index in [0.717, 1.165) is 29.2 Å². The van der Waals surface area contributed by atoms with Gasteiger partial charge in [-0.05, 0) is 54.1 Å². The van der Waals surface area contributed by atoms with Gasteiger partial charge in [0, 0.05) is 43.1 Å². The van der Waals surface area contributed by atoms with Crippen LogP contribution in [0.4, 0.5) is 10.5 Å². The number of nitrogens with one attached hydrogen (secondary N) is 1. The number of rotatable bonds is 3. The zero-order chi connectivity index (χ0) is 17.9. The molecule has 3 aromatic rings. The molecule has 6 nitrogen and oxygen atoms in total. The summed E-state index contributed by atoms with van der Waals surface area (Å²) in [4.78, 5) is 19.0. The van der Waals surface area contributed by atoms with E-state index in [1.165, 1.54) is 0 Å². The Hall–Kier alpha value is -3.28. The van der Waals surface area contributed by atoms with Crippen LogP contribution in [0.5, 0.6) is 5.75 Å². The maximum absolute atomic E-state index is 13.0. The molecule has 3 heterocycles. The largest absolute Gasteiger partial charge is 0.497 e. The molecular formula is C20H20N4O2. The monoisotopic (exact) mass is 348 g/mol. The number of methoxy groups -OCH3 is 1. The number of carbonyl (C=O) groups is 1. The molecule has 0 saturated carbocycles. The van der Waals surface area contributed by atoms with Gasteiger partial charge in [0.2, 0.25) is 0 Å². The SMILES string of the molecule is COc1ccc(NC(=O)N2CCn3cccc3[C@H]2c2ccncc2)cc1. The first-order valence-corrected chi connectivity index (χ1v) is 8.53. The summed E-state index contributed by atoms with van der Waals surface area (Å²) >= 11 is 0. The topological polar surface area (TPSA) is 59.4 Å². The minimum atomic E-state index is -0.139. The molecule has 0 aliphatic carbocycles. The lowest BCUT2D eigenvalue weighted by Gasteiger charge is -2.37. The predicted molar refractivity (Wildman–Crippen MR) is 99.2 cm³/mol. The second-order valence-corrected chi connectivity index (χ2v) is 6.16. The van der Waals surface area contributed by atoms with Crippen molar-refractivity contribution >= 4 is 11.7 Å². The first kappa shape index (κ1) is 16.2. The van der Waals surface area contributed by atoms with Gasteiger partial charge in [-0.15, -0.1) is 0 Å². The van der Waals surface area contributed by atoms with Gasteiger partial charge in [0.25, 0.3) is 0 Å². The van der Waals surface area contributed by atoms with Crippen LogP contribution in [-0.2, 0) is 6.54 Å². The molecule has 26 heavy (non-hydrogen) atoms. The Balaban J connectivity index is 1.62. The Morgan fingerprint density at radius 3 is 2.62 bits per heavy atom. The van der Waals surface area contributed by atoms with Crippen molar-refractivity contribution in [1.29, 1.82) is 0 Å². The number of hydrogen-bond acceptors (Lipinski definition) is 3. The van der Waals surface area contributed by atoms with Crippen molar-refractivity contribution in [3.8, 4) is 5.75 Å². The standard InChI is InChI=1S/C20H20N4O2/c1-26-17-6-4-16(5-7-17)22-20(25)24-14-13-23-12-2-3-18(23)19(24)15-8-10-21-11-9-15/h2-12,19H,13-14H2,1H3,(H,22,25)/t19-/m1/s1. The van der Waals surface area contributed by atoms with Crippen LogP contribution in [0.2, 0.25) is 0 Å². The number of benzene rings is 1. The van der Waals surface area contributed by atoms with Crippen LogP contribution in [-0.4, -0.2) is 34.1 Å². The van der Waals surface area contributed by atoms with Gasteiger partial charge in [0.15, 0.2) is 0 Å². The second-order valence-electron chi connectivity index (χ2n) is 6.16. The van der Waals surface area contributed by atoms with Crippen molar-refractivity contribution in [3.63, 3.8) is 0 Å². The van der Waals surface area contributed by atoms with E-state index in [9.17, 15) is 4.79 Å². The normalized spacial score (nSPS) is 16.0. The van der Waals surface area contributed by atoms with Gasteiger partial charge in [-0.3, -0.25) is 4.98 Å². The zero-order valence-corrected chi connectivity index (χ0v) is 14.5. The highest BCUT2D eigenvalue weighted by molar-refractivity contribution is 5.90. The van der Waals surface area contributed by atoms with Crippen molar-refractivity contribution in [2.75, 3.05) is 19.0 Å². The molecule has 1 atom stereocenters. The Morgan fingerprint density at radius 2 is 1.88 bits per heavy atom. The molecule has 132 valence electrons. The number of amides is 2. The molecule has 0 spiro atoms. The minimum Gasteiger partial charge on any atom is -0.497 e. The third kappa shape index (κ3) is 3.01. The zero-order valence-electron chi connectivity index (χ0n) is 14.5. The summed E-state index contributed by atoms with van der Waals surface area (Å²) in [5, 5.41) is 2.99. The number of ether oxygens (including phenoxy) is 1. The molecule has 0 saturated heterocycles. The van der Waals surface area contributed by atoms with Gasteiger partial charge in [-0.25, -0.2) is 4.79 Å². The summed E-state index contributed by atoms with van der Waals surface area (Å²) < 4.78 is 7.36. The van der Waals surface area contributed by atoms with Crippen molar-refractivity contribution in [1.82, 2.24) is 14.5 Å². The van der Waals surface area contributed by atoms with Gasteiger partial charge in [0.05, 0.1) is 13.2 Å². The summed E-state index contributed by atoms with van der Waals surface area (Å²) in [5.74, 6) is 0.758. The molecule has 2 aromatic heterocycles. The van der Waals surface area contributed by atoms with Crippen molar-refractivity contribution in [2.45, 2.75) is 12.6 Å². The van der Waals surface area contributed by atoms with Crippen LogP contribution in [0.3, 0.4) is 0 Å². The third-order valence-electron chi connectivity index (χ3n) is 4.66. The maximum Gasteiger partial charge on any atom is 0.322 e. The molecule has 0 bridgehead atoms. The summed E-state index contributed by atoms with van der Waals surface area (Å²) in [6, 6.07) is 15.1. The fourth-order valence-electron chi connectivity index (χ4n) is 3.37. The highest BCUT2D eigenvalue weighted by Crippen LogP contribution is 2.32. The van der Waals surface area contributed by atoms with E-state index < -0.39 is 0 Å². The lowest BCUT2D eigenvalue weighted by Crippen LogP contribution is -2.44. The summed E-state index contributed by atoms with van der Waals surface area (Å²) in [7, 11) is 1.62. The van der Waals surface area contributed by atoms with Crippen LogP contribution >= 0.6 is 0 Å². The molecule has 4 rings (SSSR count). The Bertz CT molecular complexity index is 890. The Morgan fingerprint density at radius 1 is 1.12 bits per heavy atom. The summed E-state index contributed by atoms with van der Waals surface area (Å²) in [5.41, 5.74) is 2.89. The number of hydrogen-bond donors (Lipinski definition) is 1. The number of urea groups is 1. The van der Waals surface area contributed by atoms with Crippen LogP contribution in [0.15, 0.2) is 67.1 Å². The fourth-order valence-corrected chi connectivity index (χ4v) is 3.37. The first-order chi connectivity index (χ1) is 12.8. The quantitative estimate of drug-likeness (QED) is 0.788. The summed E-state index contributed by atoms with van der Waals surface area (Å²) in [6.07, 6.45) is 5.58. The van der Waals surface area contributed by atoms with Crippen LogP contribution < -0.4 is 10.1 Å². The lowest BCUT2D eigenvalue weighted by atomic mass is 10.0. The van der Waals surface area contributed by atoms with Gasteiger partial charge >= 0.3 is 6.03 Å². The van der Waals surface area contributed by atoms with Gasteiger partial charge in [0.1, 0.15) is 5.75 Å². The smallest absolute Gasteiger partial charge is 0.322 e. The number of carbonyl (C=O) groups excluding carboxylic acids is 1. The van der Waals surface area contributed by atoms with Gasteiger partial charge in [-0.1, -0.05) is 0 Å². The van der Waals surface area contributed by atoms with Crippen LogP contribution in [0.1, 0.15) is 17.3 Å². The number of aromatic nitrogens is 2. The highest BCUT2D eigenvalue weighted by Gasteiger charge is 2.32.